The van der Waals surface area contributed by atoms with Gasteiger partial charge in [-0.25, -0.2) is 0 Å². The topological polar surface area (TPSA) is 37.3 Å². The summed E-state index contributed by atoms with van der Waals surface area (Å²) in [5, 5.41) is 9.34. The van der Waals surface area contributed by atoms with Crippen LogP contribution in [0.5, 0.6) is 0 Å². The molecular weight excluding hydrogens is 152 g/mol. The van der Waals surface area contributed by atoms with Gasteiger partial charge in [-0.1, -0.05) is 32.1 Å². The smallest absolute Gasteiger partial charge is 0.142 e. The maximum atomic E-state index is 9.84. The average molecular weight is 168 g/mol. The third-order valence-electron chi connectivity index (χ3n) is 1.58. The number of rotatable bonds is 5. The van der Waals surface area contributed by atoms with Crippen molar-refractivity contribution in [3.8, 4) is 0 Å². The Labute approximate surface area is 73.6 Å². The van der Waals surface area contributed by atoms with E-state index in [2.05, 4.69) is 0 Å². The molecule has 0 aromatic heterocycles. The van der Waals surface area contributed by atoms with Crippen LogP contribution in [0.25, 0.3) is 0 Å². The predicted molar refractivity (Wildman–Crippen MR) is 49.8 cm³/mol. The highest BCUT2D eigenvalue weighted by atomic mass is 16.3. The minimum atomic E-state index is -0.286. The predicted octanol–water partition coefficient (Wildman–Crippen LogP) is 1.70. The molecule has 1 atom stereocenters. The summed E-state index contributed by atoms with van der Waals surface area (Å²) in [6, 6.07) is 0. The van der Waals surface area contributed by atoms with Gasteiger partial charge in [-0.3, -0.25) is 4.79 Å². The lowest BCUT2D eigenvalue weighted by Crippen LogP contribution is -2.12. The van der Waals surface area contributed by atoms with Crippen molar-refractivity contribution in [1.29, 1.82) is 0 Å². The molecule has 0 aliphatic rings. The largest absolute Gasteiger partial charge is 0.393 e. The van der Waals surface area contributed by atoms with E-state index < -0.39 is 0 Å². The Morgan fingerprint density at radius 3 is 2.42 bits per heavy atom. The van der Waals surface area contributed by atoms with Gasteiger partial charge in [-0.2, -0.15) is 0 Å². The minimum Gasteiger partial charge on any atom is -0.393 e. The molecule has 0 fully saturated rings. The zero-order valence-electron chi connectivity index (χ0n) is 7.60. The second-order valence-corrected chi connectivity index (χ2v) is 3.00. The molecule has 0 bridgehead atoms. The van der Waals surface area contributed by atoms with Gasteiger partial charge in [0.05, 0.1) is 6.10 Å². The lowest BCUT2D eigenvalue weighted by Gasteiger charge is -2.10. The maximum Gasteiger partial charge on any atom is 0.142 e. The third-order valence-corrected chi connectivity index (χ3v) is 1.58. The number of aldehydes is 1. The van der Waals surface area contributed by atoms with Crippen LogP contribution in [0.15, 0.2) is 24.3 Å². The van der Waals surface area contributed by atoms with Crippen molar-refractivity contribution in [1.82, 2.24) is 0 Å². The first-order chi connectivity index (χ1) is 5.68. The van der Waals surface area contributed by atoms with Gasteiger partial charge in [-0.15, -0.1) is 0 Å². The van der Waals surface area contributed by atoms with Crippen LogP contribution in [0, 0.1) is 5.92 Å². The molecule has 1 N–H and O–H groups in total. The van der Waals surface area contributed by atoms with Crippen LogP contribution in [0.2, 0.25) is 0 Å². The average Bonchev–Trinajstić information content (AvgIpc) is 2.03. The maximum absolute atomic E-state index is 9.84. The van der Waals surface area contributed by atoms with Crippen molar-refractivity contribution >= 4 is 6.29 Å². The quantitative estimate of drug-likeness (QED) is 0.385. The first-order valence-electron chi connectivity index (χ1n) is 4.13. The Morgan fingerprint density at radius 1 is 1.25 bits per heavy atom. The van der Waals surface area contributed by atoms with E-state index in [1.54, 1.807) is 12.2 Å². The molecule has 0 spiro atoms. The molecule has 68 valence electrons. The number of carbonyl (C=O) groups is 1. The Morgan fingerprint density at radius 2 is 1.92 bits per heavy atom. The second kappa shape index (κ2) is 6.80. The highest BCUT2D eigenvalue weighted by Gasteiger charge is 2.05. The summed E-state index contributed by atoms with van der Waals surface area (Å²) >= 11 is 0. The summed E-state index contributed by atoms with van der Waals surface area (Å²) < 4.78 is 0. The van der Waals surface area contributed by atoms with E-state index in [-0.39, 0.29) is 12.0 Å². The lowest BCUT2D eigenvalue weighted by atomic mass is 10.0. The van der Waals surface area contributed by atoms with Crippen LogP contribution >= 0.6 is 0 Å². The first kappa shape index (κ1) is 11.1. The molecule has 0 rings (SSSR count). The summed E-state index contributed by atoms with van der Waals surface area (Å²) in [5.41, 5.74) is 0. The molecule has 0 aromatic rings. The first-order valence-corrected chi connectivity index (χ1v) is 4.13. The molecule has 1 unspecified atom stereocenters. The minimum absolute atomic E-state index is 0.282. The van der Waals surface area contributed by atoms with Gasteiger partial charge < -0.3 is 5.11 Å². The van der Waals surface area contributed by atoms with Crippen molar-refractivity contribution in [2.45, 2.75) is 26.4 Å². The van der Waals surface area contributed by atoms with E-state index >= 15 is 0 Å². The molecule has 0 saturated heterocycles. The molecule has 0 radical (unpaired) electrons. The molecule has 0 amide bonds. The van der Waals surface area contributed by atoms with Crippen LogP contribution in [0.3, 0.4) is 0 Å². The van der Waals surface area contributed by atoms with E-state index in [9.17, 15) is 9.90 Å². The SMILES string of the molecule is CC(C)C(O)C/C=C/C=C/C=O. The zero-order valence-corrected chi connectivity index (χ0v) is 7.60. The Bertz CT molecular complexity index is 169. The van der Waals surface area contributed by atoms with Gasteiger partial charge in [0.1, 0.15) is 6.29 Å². The number of carbonyl (C=O) groups excluding carboxylic acids is 1. The summed E-state index contributed by atoms with van der Waals surface area (Å²) in [5.74, 6) is 0.282. The third kappa shape index (κ3) is 5.86. The van der Waals surface area contributed by atoms with E-state index in [1.165, 1.54) is 6.08 Å². The monoisotopic (exact) mass is 168 g/mol. The molecule has 0 aromatic carbocycles. The molecule has 2 heteroatoms. The van der Waals surface area contributed by atoms with E-state index in [0.29, 0.717) is 6.42 Å². The van der Waals surface area contributed by atoms with Gasteiger partial charge in [0.25, 0.3) is 0 Å². The van der Waals surface area contributed by atoms with Gasteiger partial charge >= 0.3 is 0 Å². The van der Waals surface area contributed by atoms with E-state index in [1.807, 2.05) is 19.9 Å². The summed E-state index contributed by atoms with van der Waals surface area (Å²) in [4.78, 5) is 9.84. The number of hydrogen-bond acceptors (Lipinski definition) is 2. The highest BCUT2D eigenvalue weighted by molar-refractivity contribution is 5.65. The second-order valence-electron chi connectivity index (χ2n) is 3.00. The number of aliphatic hydroxyl groups excluding tert-OH is 1. The Hall–Kier alpha value is -0.890. The van der Waals surface area contributed by atoms with Crippen molar-refractivity contribution < 1.29 is 9.90 Å². The molecule has 0 heterocycles. The number of hydrogen-bond donors (Lipinski definition) is 1. The van der Waals surface area contributed by atoms with E-state index in [0.717, 1.165) is 6.29 Å². The van der Waals surface area contributed by atoms with Gasteiger partial charge in [-0.05, 0) is 18.4 Å². The van der Waals surface area contributed by atoms with Crippen LogP contribution in [0.4, 0.5) is 0 Å². The van der Waals surface area contributed by atoms with Crippen LogP contribution in [0.1, 0.15) is 20.3 Å². The fraction of sp³-hybridized carbons (Fsp3) is 0.500. The number of allylic oxidation sites excluding steroid dienone is 3. The molecule has 12 heavy (non-hydrogen) atoms. The van der Waals surface area contributed by atoms with Crippen molar-refractivity contribution in [3.63, 3.8) is 0 Å². The highest BCUT2D eigenvalue weighted by Crippen LogP contribution is 2.05. The standard InChI is InChI=1S/C10H16O2/c1-9(2)10(12)7-5-3-4-6-8-11/h3-6,8-10,12H,7H2,1-2H3/b5-3+,6-4+. The van der Waals surface area contributed by atoms with Crippen LogP contribution in [-0.2, 0) is 4.79 Å². The van der Waals surface area contributed by atoms with Gasteiger partial charge in [0.15, 0.2) is 0 Å². The normalized spacial score (nSPS) is 14.7. The Kier molecular flexibility index (Phi) is 6.29. The van der Waals surface area contributed by atoms with Crippen LogP contribution < -0.4 is 0 Å². The van der Waals surface area contributed by atoms with Crippen molar-refractivity contribution in [2.75, 3.05) is 0 Å². The Balaban J connectivity index is 3.59. The van der Waals surface area contributed by atoms with Crippen LogP contribution in [-0.4, -0.2) is 17.5 Å². The van der Waals surface area contributed by atoms with E-state index in [4.69, 9.17) is 0 Å². The molecule has 0 aliphatic heterocycles. The summed E-state index contributed by atoms with van der Waals surface area (Å²) in [6.45, 7) is 3.94. The van der Waals surface area contributed by atoms with Crippen molar-refractivity contribution in [2.24, 2.45) is 5.92 Å². The van der Waals surface area contributed by atoms with Gasteiger partial charge in [0, 0.05) is 0 Å². The summed E-state index contributed by atoms with van der Waals surface area (Å²) in [6.07, 6.45) is 7.76. The fourth-order valence-electron chi connectivity index (χ4n) is 0.678. The molecular formula is C10H16O2. The molecule has 0 aliphatic carbocycles. The lowest BCUT2D eigenvalue weighted by molar-refractivity contribution is -0.104. The fourth-order valence-corrected chi connectivity index (χ4v) is 0.678. The molecule has 2 nitrogen and oxygen atoms in total. The number of aliphatic hydroxyl groups is 1. The van der Waals surface area contributed by atoms with Crippen molar-refractivity contribution in [3.05, 3.63) is 24.3 Å². The molecule has 0 saturated carbocycles. The summed E-state index contributed by atoms with van der Waals surface area (Å²) in [7, 11) is 0. The zero-order chi connectivity index (χ0) is 9.40. The van der Waals surface area contributed by atoms with Gasteiger partial charge in [0.2, 0.25) is 0 Å².